The number of ether oxygens (including phenoxy) is 2. The molecule has 0 bridgehead atoms. The molecule has 1 aliphatic rings. The number of carbonyl (C=O) groups is 2. The van der Waals surface area contributed by atoms with Gasteiger partial charge in [-0.15, -0.1) is 0 Å². The maximum Gasteiger partial charge on any atom is 0.407 e. The molecule has 1 heterocycles. The average molecular weight is 653 g/mol. The smallest absolute Gasteiger partial charge is 0.407 e. The summed E-state index contributed by atoms with van der Waals surface area (Å²) >= 11 is 0. The normalized spacial score (nSPS) is 19.0. The van der Waals surface area contributed by atoms with E-state index in [-0.39, 0.29) is 24.3 Å². The first-order valence-electron chi connectivity index (χ1n) is 14.5. The van der Waals surface area contributed by atoms with Crippen molar-refractivity contribution in [3.63, 3.8) is 0 Å². The van der Waals surface area contributed by atoms with Crippen LogP contribution < -0.4 is 21.7 Å². The van der Waals surface area contributed by atoms with Crippen molar-refractivity contribution in [1.29, 1.82) is 0 Å². The van der Waals surface area contributed by atoms with E-state index in [9.17, 15) is 31.5 Å². The van der Waals surface area contributed by atoms with Crippen LogP contribution in [0.1, 0.15) is 36.0 Å². The summed E-state index contributed by atoms with van der Waals surface area (Å²) < 4.78 is 90.0. The van der Waals surface area contributed by atoms with Gasteiger partial charge in [-0.25, -0.2) is 18.0 Å². The zero-order chi connectivity index (χ0) is 33.4. The maximum absolute atomic E-state index is 15.0. The Morgan fingerprint density at radius 1 is 1.00 bits per heavy atom. The molecule has 0 aliphatic carbocycles. The van der Waals surface area contributed by atoms with Gasteiger partial charge in [0.2, 0.25) is 5.91 Å². The molecule has 5 N–H and O–H groups in total. The fraction of sp³-hybridized carbons (Fsp3) is 0.375. The van der Waals surface area contributed by atoms with Gasteiger partial charge >= 0.3 is 12.3 Å². The van der Waals surface area contributed by atoms with Gasteiger partial charge in [0.25, 0.3) is 0 Å². The van der Waals surface area contributed by atoms with E-state index in [1.807, 2.05) is 0 Å². The van der Waals surface area contributed by atoms with Gasteiger partial charge in [-0.3, -0.25) is 4.79 Å². The summed E-state index contributed by atoms with van der Waals surface area (Å²) in [6.45, 7) is 0.264. The zero-order valence-electron chi connectivity index (χ0n) is 24.8. The SMILES string of the molecule is C[C@@H]1O[C@H](CCc2c(F)cccc2NC(=O)C(N)C(c2ccc(F)cc2)c2ccc(F)cc2)CN[C@@H]1COC(=O)NCC(F)(F)F. The van der Waals surface area contributed by atoms with Crippen molar-refractivity contribution in [1.82, 2.24) is 10.6 Å². The number of hydrogen-bond donors (Lipinski definition) is 4. The minimum absolute atomic E-state index is 0.164. The number of alkyl halides is 3. The van der Waals surface area contributed by atoms with Crippen LogP contribution in [0.25, 0.3) is 0 Å². The highest BCUT2D eigenvalue weighted by molar-refractivity contribution is 5.96. The van der Waals surface area contributed by atoms with Gasteiger partial charge in [-0.1, -0.05) is 30.3 Å². The van der Waals surface area contributed by atoms with Crippen molar-refractivity contribution in [3.05, 3.63) is 101 Å². The van der Waals surface area contributed by atoms with Crippen LogP contribution in [-0.4, -0.2) is 62.2 Å². The molecular weight excluding hydrogens is 618 g/mol. The number of hydrogen-bond acceptors (Lipinski definition) is 6. The average Bonchev–Trinajstić information content (AvgIpc) is 3.01. The quantitative estimate of drug-likeness (QED) is 0.213. The standard InChI is InChI=1S/C32H34F6N4O4/c1-18-27(16-45-31(44)41-17-32(36,37)38)40-15-23(46-18)13-14-24-25(35)3-2-4-26(24)42-30(43)29(39)28(19-5-9-21(33)10-6-19)20-7-11-22(34)12-8-20/h2-12,18,23,27-29,40H,13-17,39H2,1H3,(H,41,44)(H,42,43)/t18-,23+,27+,29?/m0/s1. The van der Waals surface area contributed by atoms with Gasteiger partial charge in [-0.2, -0.15) is 13.2 Å². The van der Waals surface area contributed by atoms with Crippen molar-refractivity contribution < 1.29 is 45.4 Å². The minimum atomic E-state index is -4.56. The molecule has 14 heteroatoms. The number of nitrogens with two attached hydrogens (primary N) is 1. The van der Waals surface area contributed by atoms with Crippen LogP contribution in [-0.2, 0) is 20.7 Å². The molecule has 1 fully saturated rings. The van der Waals surface area contributed by atoms with Gasteiger partial charge in [0.1, 0.15) is 30.6 Å². The number of carbonyl (C=O) groups excluding carboxylic acids is 2. The lowest BCUT2D eigenvalue weighted by Gasteiger charge is -2.35. The van der Waals surface area contributed by atoms with Crippen molar-refractivity contribution in [2.24, 2.45) is 5.73 Å². The van der Waals surface area contributed by atoms with Crippen LogP contribution in [0.4, 0.5) is 36.8 Å². The molecule has 1 aliphatic heterocycles. The fourth-order valence-electron chi connectivity index (χ4n) is 5.20. The number of benzene rings is 3. The second-order valence-electron chi connectivity index (χ2n) is 10.9. The summed E-state index contributed by atoms with van der Waals surface area (Å²) in [4.78, 5) is 25.0. The van der Waals surface area contributed by atoms with E-state index in [0.717, 1.165) is 0 Å². The van der Waals surface area contributed by atoms with Crippen LogP contribution in [0.5, 0.6) is 0 Å². The molecule has 8 nitrogen and oxygen atoms in total. The molecule has 3 aromatic carbocycles. The van der Waals surface area contributed by atoms with Gasteiger partial charge in [-0.05, 0) is 67.3 Å². The van der Waals surface area contributed by atoms with Crippen molar-refractivity contribution >= 4 is 17.7 Å². The van der Waals surface area contributed by atoms with Crippen LogP contribution in [0.3, 0.4) is 0 Å². The Balaban J connectivity index is 1.38. The molecule has 1 unspecified atom stereocenters. The molecule has 4 atom stereocenters. The summed E-state index contributed by atoms with van der Waals surface area (Å²) in [5.74, 6) is -2.93. The molecule has 0 spiro atoms. The van der Waals surface area contributed by atoms with Crippen molar-refractivity contribution in [3.8, 4) is 0 Å². The van der Waals surface area contributed by atoms with Crippen LogP contribution in [0, 0.1) is 17.5 Å². The summed E-state index contributed by atoms with van der Waals surface area (Å²) in [6, 6.07) is 13.4. The van der Waals surface area contributed by atoms with E-state index in [1.54, 1.807) is 12.2 Å². The number of anilines is 1. The lowest BCUT2D eigenvalue weighted by molar-refractivity contribution is -0.124. The van der Waals surface area contributed by atoms with E-state index in [0.29, 0.717) is 24.1 Å². The predicted octanol–water partition coefficient (Wildman–Crippen LogP) is 5.17. The number of alkyl carbamates (subject to hydrolysis) is 1. The first kappa shape index (κ1) is 34.7. The second kappa shape index (κ2) is 15.4. The number of halogens is 6. The molecule has 46 heavy (non-hydrogen) atoms. The first-order valence-corrected chi connectivity index (χ1v) is 14.5. The highest BCUT2D eigenvalue weighted by Crippen LogP contribution is 2.30. The van der Waals surface area contributed by atoms with E-state index in [4.69, 9.17) is 15.2 Å². The number of rotatable bonds is 11. The van der Waals surface area contributed by atoms with E-state index in [2.05, 4.69) is 10.6 Å². The van der Waals surface area contributed by atoms with Crippen molar-refractivity contribution in [2.75, 3.05) is 25.0 Å². The fourth-order valence-corrected chi connectivity index (χ4v) is 5.20. The Morgan fingerprint density at radius 3 is 2.17 bits per heavy atom. The predicted molar refractivity (Wildman–Crippen MR) is 158 cm³/mol. The molecule has 3 aromatic rings. The molecule has 0 radical (unpaired) electrons. The molecule has 4 rings (SSSR count). The van der Waals surface area contributed by atoms with Gasteiger partial charge in [0, 0.05) is 23.7 Å². The van der Waals surface area contributed by atoms with Gasteiger partial charge in [0.05, 0.1) is 24.3 Å². The third-order valence-corrected chi connectivity index (χ3v) is 7.62. The lowest BCUT2D eigenvalue weighted by Crippen LogP contribution is -2.54. The monoisotopic (exact) mass is 652 g/mol. The van der Waals surface area contributed by atoms with E-state index >= 15 is 4.39 Å². The molecule has 248 valence electrons. The number of morpholine rings is 1. The van der Waals surface area contributed by atoms with Crippen LogP contribution in [0.2, 0.25) is 0 Å². The Labute approximate surface area is 261 Å². The molecule has 1 saturated heterocycles. The molecule has 2 amide bonds. The Kier molecular flexibility index (Phi) is 11.7. The Morgan fingerprint density at radius 2 is 1.61 bits per heavy atom. The summed E-state index contributed by atoms with van der Waals surface area (Å²) in [6.07, 6.45) is -6.14. The highest BCUT2D eigenvalue weighted by Gasteiger charge is 2.32. The van der Waals surface area contributed by atoms with Gasteiger partial charge < -0.3 is 31.2 Å². The Hall–Kier alpha value is -4.14. The second-order valence-corrected chi connectivity index (χ2v) is 10.9. The maximum atomic E-state index is 15.0. The lowest BCUT2D eigenvalue weighted by atomic mass is 9.85. The minimum Gasteiger partial charge on any atom is -0.448 e. The number of amides is 2. The third-order valence-electron chi connectivity index (χ3n) is 7.62. The summed E-state index contributed by atoms with van der Waals surface area (Å²) in [5.41, 5.74) is 7.89. The molecular formula is C32H34F6N4O4. The summed E-state index contributed by atoms with van der Waals surface area (Å²) in [7, 11) is 0. The summed E-state index contributed by atoms with van der Waals surface area (Å²) in [5, 5.41) is 7.47. The van der Waals surface area contributed by atoms with E-state index < -0.39 is 72.4 Å². The third kappa shape index (κ3) is 9.68. The topological polar surface area (TPSA) is 115 Å². The zero-order valence-corrected chi connectivity index (χ0v) is 24.8. The molecule has 0 aromatic heterocycles. The van der Waals surface area contributed by atoms with E-state index in [1.165, 1.54) is 66.7 Å². The van der Waals surface area contributed by atoms with Crippen LogP contribution in [0.15, 0.2) is 66.7 Å². The van der Waals surface area contributed by atoms with Gasteiger partial charge in [0.15, 0.2) is 0 Å². The first-order chi connectivity index (χ1) is 21.8. The van der Waals surface area contributed by atoms with Crippen molar-refractivity contribution in [2.45, 2.75) is 56.2 Å². The van der Waals surface area contributed by atoms with Crippen LogP contribution >= 0.6 is 0 Å². The molecule has 0 saturated carbocycles. The highest BCUT2D eigenvalue weighted by atomic mass is 19.4. The Bertz CT molecular complexity index is 1430. The number of nitrogens with one attached hydrogen (secondary N) is 3. The largest absolute Gasteiger partial charge is 0.448 e.